The third kappa shape index (κ3) is 3.05. The Bertz CT molecular complexity index is 282. The highest BCUT2D eigenvalue weighted by atomic mass is 16.6. The van der Waals surface area contributed by atoms with Gasteiger partial charge in [-0.25, -0.2) is 0 Å². The molecule has 0 unspecified atom stereocenters. The van der Waals surface area contributed by atoms with E-state index in [9.17, 15) is 9.59 Å². The van der Waals surface area contributed by atoms with Crippen LogP contribution in [0.25, 0.3) is 0 Å². The van der Waals surface area contributed by atoms with Gasteiger partial charge in [0, 0.05) is 26.7 Å². The zero-order valence-electron chi connectivity index (χ0n) is 8.20. The Balaban J connectivity index is 2.75. The van der Waals surface area contributed by atoms with Gasteiger partial charge in [0.25, 0.3) is 0 Å². The minimum atomic E-state index is -0.403. The van der Waals surface area contributed by atoms with Crippen LogP contribution in [0.3, 0.4) is 0 Å². The van der Waals surface area contributed by atoms with Gasteiger partial charge in [0.2, 0.25) is 0 Å². The minimum absolute atomic E-state index is 0.403. The molecular formula is C10H12O4. The van der Waals surface area contributed by atoms with Crippen LogP contribution in [0.5, 0.6) is 0 Å². The standard InChI is InChI=1S/C10H12O4/c1-7(11)13-9-5-3-4-6-10(9)14-8(2)12/h3-4H,5-6H2,1-2H3. The maximum atomic E-state index is 10.7. The molecule has 0 fully saturated rings. The summed E-state index contributed by atoms with van der Waals surface area (Å²) in [4.78, 5) is 21.4. The fourth-order valence-electron chi connectivity index (χ4n) is 1.15. The Morgan fingerprint density at radius 3 is 1.64 bits per heavy atom. The van der Waals surface area contributed by atoms with Gasteiger partial charge in [-0.2, -0.15) is 0 Å². The van der Waals surface area contributed by atoms with E-state index in [0.29, 0.717) is 24.4 Å². The highest BCUT2D eigenvalue weighted by Gasteiger charge is 2.15. The molecule has 4 heteroatoms. The molecule has 0 heterocycles. The molecule has 1 aliphatic rings. The molecule has 0 atom stereocenters. The lowest BCUT2D eigenvalue weighted by atomic mass is 10.1. The van der Waals surface area contributed by atoms with Crippen LogP contribution in [-0.4, -0.2) is 11.9 Å². The quantitative estimate of drug-likeness (QED) is 0.498. The topological polar surface area (TPSA) is 52.6 Å². The Hall–Kier alpha value is -1.58. The lowest BCUT2D eigenvalue weighted by Crippen LogP contribution is -2.09. The van der Waals surface area contributed by atoms with Crippen molar-refractivity contribution in [1.82, 2.24) is 0 Å². The van der Waals surface area contributed by atoms with E-state index in [-0.39, 0.29) is 0 Å². The van der Waals surface area contributed by atoms with Gasteiger partial charge in [-0.1, -0.05) is 12.2 Å². The number of ether oxygens (including phenoxy) is 2. The molecule has 0 bridgehead atoms. The smallest absolute Gasteiger partial charge is 0.307 e. The van der Waals surface area contributed by atoms with Crippen LogP contribution >= 0.6 is 0 Å². The Kier molecular flexibility index (Phi) is 3.45. The van der Waals surface area contributed by atoms with Crippen molar-refractivity contribution in [2.75, 3.05) is 0 Å². The lowest BCUT2D eigenvalue weighted by Gasteiger charge is -2.14. The van der Waals surface area contributed by atoms with E-state index in [4.69, 9.17) is 9.47 Å². The number of hydrogen-bond acceptors (Lipinski definition) is 4. The van der Waals surface area contributed by atoms with Gasteiger partial charge in [-0.3, -0.25) is 9.59 Å². The summed E-state index contributed by atoms with van der Waals surface area (Å²) in [6.45, 7) is 2.63. The fourth-order valence-corrected chi connectivity index (χ4v) is 1.15. The molecule has 0 aliphatic heterocycles. The normalized spacial score (nSPS) is 15.3. The van der Waals surface area contributed by atoms with Crippen molar-refractivity contribution in [2.24, 2.45) is 0 Å². The first-order chi connectivity index (χ1) is 6.59. The summed E-state index contributed by atoms with van der Waals surface area (Å²) in [6, 6.07) is 0. The van der Waals surface area contributed by atoms with Gasteiger partial charge in [0.05, 0.1) is 0 Å². The van der Waals surface area contributed by atoms with Crippen LogP contribution in [0.1, 0.15) is 26.7 Å². The van der Waals surface area contributed by atoms with Crippen molar-refractivity contribution in [3.8, 4) is 0 Å². The van der Waals surface area contributed by atoms with Gasteiger partial charge < -0.3 is 9.47 Å². The monoisotopic (exact) mass is 196 g/mol. The van der Waals surface area contributed by atoms with Crippen molar-refractivity contribution in [3.05, 3.63) is 23.7 Å². The maximum Gasteiger partial charge on any atom is 0.307 e. The molecule has 76 valence electrons. The van der Waals surface area contributed by atoms with Crippen LogP contribution in [0, 0.1) is 0 Å². The number of esters is 2. The molecule has 0 spiro atoms. The lowest BCUT2D eigenvalue weighted by molar-refractivity contribution is -0.141. The zero-order chi connectivity index (χ0) is 10.6. The first-order valence-corrected chi connectivity index (χ1v) is 4.33. The summed E-state index contributed by atoms with van der Waals surface area (Å²) in [5.74, 6) is 0.0466. The molecule has 0 saturated heterocycles. The van der Waals surface area contributed by atoms with E-state index in [1.807, 2.05) is 12.2 Å². The molecule has 4 nitrogen and oxygen atoms in total. The van der Waals surface area contributed by atoms with Crippen LogP contribution in [0.2, 0.25) is 0 Å². The number of rotatable bonds is 2. The fraction of sp³-hybridized carbons (Fsp3) is 0.400. The average molecular weight is 196 g/mol. The predicted molar refractivity (Wildman–Crippen MR) is 48.9 cm³/mol. The molecule has 1 aliphatic carbocycles. The molecule has 0 N–H and O–H groups in total. The van der Waals surface area contributed by atoms with Gasteiger partial charge in [0.15, 0.2) is 0 Å². The van der Waals surface area contributed by atoms with Gasteiger partial charge in [-0.05, 0) is 0 Å². The Morgan fingerprint density at radius 2 is 1.36 bits per heavy atom. The average Bonchev–Trinajstić information content (AvgIpc) is 2.06. The minimum Gasteiger partial charge on any atom is -0.427 e. The highest BCUT2D eigenvalue weighted by Crippen LogP contribution is 2.21. The van der Waals surface area contributed by atoms with E-state index >= 15 is 0 Å². The maximum absolute atomic E-state index is 10.7. The molecule has 0 radical (unpaired) electrons. The second-order valence-corrected chi connectivity index (χ2v) is 2.91. The molecule has 0 amide bonds. The largest absolute Gasteiger partial charge is 0.427 e. The molecule has 0 saturated carbocycles. The van der Waals surface area contributed by atoms with Crippen molar-refractivity contribution in [1.29, 1.82) is 0 Å². The summed E-state index contributed by atoms with van der Waals surface area (Å²) in [6.07, 6.45) is 4.71. The molecule has 0 aromatic rings. The van der Waals surface area contributed by atoms with Crippen LogP contribution in [-0.2, 0) is 19.1 Å². The Morgan fingerprint density at radius 1 is 1.00 bits per heavy atom. The van der Waals surface area contributed by atoms with Crippen molar-refractivity contribution in [2.45, 2.75) is 26.7 Å². The summed E-state index contributed by atoms with van der Waals surface area (Å²) >= 11 is 0. The van der Waals surface area contributed by atoms with Crippen LogP contribution in [0.4, 0.5) is 0 Å². The third-order valence-electron chi connectivity index (χ3n) is 1.62. The molecule has 1 rings (SSSR count). The number of allylic oxidation sites excluding steroid dienone is 2. The second kappa shape index (κ2) is 4.60. The molecule has 0 aromatic heterocycles. The van der Waals surface area contributed by atoms with Crippen LogP contribution < -0.4 is 0 Å². The Labute approximate surface area is 82.2 Å². The van der Waals surface area contributed by atoms with Crippen molar-refractivity contribution >= 4 is 11.9 Å². The van der Waals surface area contributed by atoms with E-state index in [2.05, 4.69) is 0 Å². The SMILES string of the molecule is CC(=O)OC1=C(OC(C)=O)CC=CC1. The highest BCUT2D eigenvalue weighted by molar-refractivity contribution is 5.69. The number of hydrogen-bond donors (Lipinski definition) is 0. The summed E-state index contributed by atoms with van der Waals surface area (Å²) < 4.78 is 9.83. The van der Waals surface area contributed by atoms with Gasteiger partial charge >= 0.3 is 11.9 Å². The zero-order valence-corrected chi connectivity index (χ0v) is 8.20. The van der Waals surface area contributed by atoms with Crippen LogP contribution in [0.15, 0.2) is 23.7 Å². The first kappa shape index (κ1) is 10.5. The molecule has 0 aromatic carbocycles. The van der Waals surface area contributed by atoms with E-state index in [0.717, 1.165) is 0 Å². The van der Waals surface area contributed by atoms with Gasteiger partial charge in [-0.15, -0.1) is 0 Å². The third-order valence-corrected chi connectivity index (χ3v) is 1.62. The van der Waals surface area contributed by atoms with Crippen molar-refractivity contribution in [3.63, 3.8) is 0 Å². The number of carbonyl (C=O) groups excluding carboxylic acids is 2. The van der Waals surface area contributed by atoms with E-state index in [1.165, 1.54) is 13.8 Å². The van der Waals surface area contributed by atoms with E-state index in [1.54, 1.807) is 0 Å². The number of carbonyl (C=O) groups is 2. The summed E-state index contributed by atoms with van der Waals surface area (Å²) in [5, 5.41) is 0. The second-order valence-electron chi connectivity index (χ2n) is 2.91. The molecular weight excluding hydrogens is 184 g/mol. The predicted octanol–water partition coefficient (Wildman–Crippen LogP) is 1.67. The van der Waals surface area contributed by atoms with E-state index < -0.39 is 11.9 Å². The first-order valence-electron chi connectivity index (χ1n) is 4.33. The summed E-state index contributed by atoms with van der Waals surface area (Å²) in [7, 11) is 0. The van der Waals surface area contributed by atoms with Crippen molar-refractivity contribution < 1.29 is 19.1 Å². The van der Waals surface area contributed by atoms with Gasteiger partial charge in [0.1, 0.15) is 11.5 Å². The molecule has 14 heavy (non-hydrogen) atoms. The summed E-state index contributed by atoms with van der Waals surface area (Å²) in [5.41, 5.74) is 0.